The molecular weight excluding hydrogens is 402 g/mol. The molecule has 3 rings (SSSR count). The number of anilines is 5. The van der Waals surface area contributed by atoms with Gasteiger partial charge in [0.1, 0.15) is 12.0 Å². The molecule has 0 bridgehead atoms. The highest BCUT2D eigenvalue weighted by atomic mass is 35.5. The van der Waals surface area contributed by atoms with E-state index in [1.54, 1.807) is 18.2 Å². The van der Waals surface area contributed by atoms with Crippen molar-refractivity contribution in [2.24, 2.45) is 0 Å². The minimum Gasteiger partial charge on any atom is -0.393 e. The Hall–Kier alpha value is -2.71. The van der Waals surface area contributed by atoms with Crippen LogP contribution in [-0.4, -0.2) is 9.97 Å². The third kappa shape index (κ3) is 4.53. The van der Waals surface area contributed by atoms with E-state index in [1.807, 2.05) is 0 Å². The van der Waals surface area contributed by atoms with Crippen LogP contribution in [0.4, 0.5) is 41.9 Å². The van der Waals surface area contributed by atoms with Gasteiger partial charge in [0, 0.05) is 11.4 Å². The minimum atomic E-state index is -4.40. The van der Waals surface area contributed by atoms with Gasteiger partial charge in [-0.05, 0) is 42.5 Å². The number of hydrogen-bond acceptors (Lipinski definition) is 5. The van der Waals surface area contributed by atoms with Crippen molar-refractivity contribution in [3.05, 3.63) is 64.4 Å². The molecule has 0 fully saturated rings. The number of alkyl halides is 3. The Morgan fingerprint density at radius 1 is 0.815 bits per heavy atom. The molecule has 0 radical (unpaired) electrons. The van der Waals surface area contributed by atoms with Gasteiger partial charge in [0.25, 0.3) is 0 Å². The van der Waals surface area contributed by atoms with Crippen LogP contribution in [0.3, 0.4) is 0 Å². The van der Waals surface area contributed by atoms with Gasteiger partial charge in [-0.2, -0.15) is 13.2 Å². The van der Waals surface area contributed by atoms with Crippen molar-refractivity contribution in [3.8, 4) is 0 Å². The molecule has 0 unspecified atom stereocenters. The number of nitrogens with zero attached hydrogens (tertiary/aromatic N) is 2. The van der Waals surface area contributed by atoms with Gasteiger partial charge in [-0.15, -0.1) is 0 Å². The summed E-state index contributed by atoms with van der Waals surface area (Å²) in [6, 6.07) is 9.42. The molecule has 0 saturated carbocycles. The van der Waals surface area contributed by atoms with Gasteiger partial charge in [-0.1, -0.05) is 23.2 Å². The molecule has 5 nitrogen and oxygen atoms in total. The highest BCUT2D eigenvalue weighted by Gasteiger charge is 2.29. The molecule has 0 aliphatic carbocycles. The van der Waals surface area contributed by atoms with Crippen LogP contribution >= 0.6 is 23.2 Å². The zero-order valence-electron chi connectivity index (χ0n) is 13.5. The van der Waals surface area contributed by atoms with Crippen LogP contribution in [0, 0.1) is 0 Å². The van der Waals surface area contributed by atoms with Crippen LogP contribution in [-0.2, 0) is 6.18 Å². The number of aromatic nitrogens is 2. The summed E-state index contributed by atoms with van der Waals surface area (Å²) < 4.78 is 37.9. The Labute approximate surface area is 162 Å². The van der Waals surface area contributed by atoms with E-state index in [1.165, 1.54) is 18.5 Å². The van der Waals surface area contributed by atoms with Crippen LogP contribution in [0.5, 0.6) is 0 Å². The topological polar surface area (TPSA) is 75.9 Å². The fraction of sp³-hybridized carbons (Fsp3) is 0.0588. The van der Waals surface area contributed by atoms with E-state index >= 15 is 0 Å². The molecule has 0 aliphatic rings. The Morgan fingerprint density at radius 3 is 1.93 bits per heavy atom. The molecule has 1 heterocycles. The summed E-state index contributed by atoms with van der Waals surface area (Å²) in [5.41, 5.74) is 6.50. The molecule has 0 spiro atoms. The second kappa shape index (κ2) is 7.50. The van der Waals surface area contributed by atoms with Crippen molar-refractivity contribution in [1.29, 1.82) is 0 Å². The Morgan fingerprint density at radius 2 is 1.37 bits per heavy atom. The average Bonchev–Trinajstić information content (AvgIpc) is 2.61. The first-order chi connectivity index (χ1) is 12.7. The highest BCUT2D eigenvalue weighted by Crippen LogP contribution is 2.33. The SMILES string of the molecule is Nc1c(Nc2ccc(C(F)(F)F)cc2)ncnc1Nc1ccc(Cl)c(Cl)c1. The van der Waals surface area contributed by atoms with Crippen LogP contribution in [0.2, 0.25) is 10.0 Å². The zero-order chi connectivity index (χ0) is 19.6. The number of nitrogen functional groups attached to an aromatic ring is 1. The summed E-state index contributed by atoms with van der Waals surface area (Å²) in [6.07, 6.45) is -3.13. The fourth-order valence-corrected chi connectivity index (χ4v) is 2.48. The van der Waals surface area contributed by atoms with Crippen molar-refractivity contribution in [3.63, 3.8) is 0 Å². The zero-order valence-corrected chi connectivity index (χ0v) is 15.0. The second-order valence-corrected chi connectivity index (χ2v) is 6.25. The number of rotatable bonds is 4. The van der Waals surface area contributed by atoms with Gasteiger partial charge in [-0.25, -0.2) is 9.97 Å². The first-order valence-electron chi connectivity index (χ1n) is 7.51. The van der Waals surface area contributed by atoms with E-state index in [0.717, 1.165) is 12.1 Å². The lowest BCUT2D eigenvalue weighted by Gasteiger charge is -2.13. The summed E-state index contributed by atoms with van der Waals surface area (Å²) >= 11 is 11.9. The van der Waals surface area contributed by atoms with E-state index < -0.39 is 11.7 Å². The molecule has 0 atom stereocenters. The Balaban J connectivity index is 1.81. The van der Waals surface area contributed by atoms with Crippen molar-refractivity contribution in [2.45, 2.75) is 6.18 Å². The summed E-state index contributed by atoms with van der Waals surface area (Å²) in [5.74, 6) is 0.546. The summed E-state index contributed by atoms with van der Waals surface area (Å²) in [5, 5.41) is 6.62. The summed E-state index contributed by atoms with van der Waals surface area (Å²) in [4.78, 5) is 8.08. The van der Waals surface area contributed by atoms with Gasteiger partial charge in [-0.3, -0.25) is 0 Å². The van der Waals surface area contributed by atoms with Crippen molar-refractivity contribution >= 4 is 51.9 Å². The van der Waals surface area contributed by atoms with Crippen molar-refractivity contribution < 1.29 is 13.2 Å². The molecule has 27 heavy (non-hydrogen) atoms. The second-order valence-electron chi connectivity index (χ2n) is 5.44. The maximum atomic E-state index is 12.6. The molecule has 2 aromatic carbocycles. The normalized spacial score (nSPS) is 11.3. The van der Waals surface area contributed by atoms with Gasteiger partial charge in [0.2, 0.25) is 0 Å². The van der Waals surface area contributed by atoms with Crippen LogP contribution in [0.25, 0.3) is 0 Å². The first-order valence-corrected chi connectivity index (χ1v) is 8.26. The lowest BCUT2D eigenvalue weighted by Crippen LogP contribution is -2.06. The van der Waals surface area contributed by atoms with Gasteiger partial charge < -0.3 is 16.4 Å². The Kier molecular flexibility index (Phi) is 5.29. The van der Waals surface area contributed by atoms with E-state index in [2.05, 4.69) is 20.6 Å². The van der Waals surface area contributed by atoms with Crippen LogP contribution < -0.4 is 16.4 Å². The monoisotopic (exact) mass is 413 g/mol. The van der Waals surface area contributed by atoms with E-state index in [0.29, 0.717) is 27.2 Å². The number of nitrogens with one attached hydrogen (secondary N) is 2. The number of halogens is 5. The number of benzene rings is 2. The molecule has 0 saturated heterocycles. The third-order valence-electron chi connectivity index (χ3n) is 3.54. The van der Waals surface area contributed by atoms with Crippen molar-refractivity contribution in [2.75, 3.05) is 16.4 Å². The lowest BCUT2D eigenvalue weighted by atomic mass is 10.2. The summed E-state index contributed by atoms with van der Waals surface area (Å²) in [6.45, 7) is 0. The maximum absolute atomic E-state index is 12.6. The molecular formula is C17H12Cl2F3N5. The quantitative estimate of drug-likeness (QED) is 0.498. The Bertz CT molecular complexity index is 962. The fourth-order valence-electron chi connectivity index (χ4n) is 2.18. The van der Waals surface area contributed by atoms with Gasteiger partial charge in [0.05, 0.1) is 15.6 Å². The molecule has 0 amide bonds. The highest BCUT2D eigenvalue weighted by molar-refractivity contribution is 6.42. The average molecular weight is 414 g/mol. The molecule has 4 N–H and O–H groups in total. The van der Waals surface area contributed by atoms with E-state index in [4.69, 9.17) is 28.9 Å². The smallest absolute Gasteiger partial charge is 0.393 e. The maximum Gasteiger partial charge on any atom is 0.416 e. The molecule has 140 valence electrons. The molecule has 3 aromatic rings. The predicted molar refractivity (Wildman–Crippen MR) is 101 cm³/mol. The van der Waals surface area contributed by atoms with E-state index in [-0.39, 0.29) is 11.5 Å². The van der Waals surface area contributed by atoms with Crippen molar-refractivity contribution in [1.82, 2.24) is 9.97 Å². The lowest BCUT2D eigenvalue weighted by molar-refractivity contribution is -0.137. The number of nitrogens with two attached hydrogens (primary N) is 1. The van der Waals surface area contributed by atoms with Gasteiger partial charge in [0.15, 0.2) is 11.6 Å². The molecule has 0 aliphatic heterocycles. The van der Waals surface area contributed by atoms with Gasteiger partial charge >= 0.3 is 6.18 Å². The third-order valence-corrected chi connectivity index (χ3v) is 4.28. The first kappa shape index (κ1) is 19.1. The largest absolute Gasteiger partial charge is 0.416 e. The standard InChI is InChI=1S/C17H12Cl2F3N5/c18-12-6-5-11(7-13(12)19)27-16-14(23)15(24-8-25-16)26-10-3-1-9(2-4-10)17(20,21)22/h1-8H,23H2,(H2,24,25,26,27). The summed E-state index contributed by atoms with van der Waals surface area (Å²) in [7, 11) is 0. The molecule has 10 heteroatoms. The van der Waals surface area contributed by atoms with Crippen LogP contribution in [0.1, 0.15) is 5.56 Å². The molecule has 1 aromatic heterocycles. The predicted octanol–water partition coefficient (Wildman–Crippen LogP) is 5.87. The van der Waals surface area contributed by atoms with Crippen LogP contribution in [0.15, 0.2) is 48.8 Å². The number of hydrogen-bond donors (Lipinski definition) is 3. The minimum absolute atomic E-state index is 0.184. The van der Waals surface area contributed by atoms with E-state index in [9.17, 15) is 13.2 Å².